The number of carbonyl (C=O) groups is 1. The maximum Gasteiger partial charge on any atom is 0.573 e. The number of amides is 1. The molecule has 0 aliphatic carbocycles. The summed E-state index contributed by atoms with van der Waals surface area (Å²) in [7, 11) is 4.40. The van der Waals surface area contributed by atoms with Crippen LogP contribution >= 0.6 is 0 Å². The summed E-state index contributed by atoms with van der Waals surface area (Å²) in [6.45, 7) is 0. The molecule has 1 amide bonds. The van der Waals surface area contributed by atoms with Crippen molar-refractivity contribution in [1.82, 2.24) is 0 Å². The van der Waals surface area contributed by atoms with Crippen LogP contribution in [0.3, 0.4) is 0 Å². The van der Waals surface area contributed by atoms with Crippen molar-refractivity contribution in [2.45, 2.75) is 6.36 Å². The molecule has 6 nitrogen and oxygen atoms in total. The monoisotopic (exact) mass is 395 g/mol. The van der Waals surface area contributed by atoms with E-state index in [-0.39, 0.29) is 11.3 Å². The Morgan fingerprint density at radius 1 is 0.964 bits per heavy atom. The zero-order valence-corrected chi connectivity index (χ0v) is 15.1. The van der Waals surface area contributed by atoms with Crippen LogP contribution in [0.25, 0.3) is 11.6 Å². The van der Waals surface area contributed by atoms with Gasteiger partial charge >= 0.3 is 6.36 Å². The molecule has 1 N–H and O–H groups in total. The normalized spacial score (nSPS) is 14.5. The van der Waals surface area contributed by atoms with Crippen molar-refractivity contribution >= 4 is 23.2 Å². The molecule has 0 aromatic heterocycles. The molecular formula is C19H16F3NO5. The number of nitrogens with one attached hydrogen (secondary N) is 1. The summed E-state index contributed by atoms with van der Waals surface area (Å²) in [5.41, 5.74) is 1.55. The molecule has 0 bridgehead atoms. The Kier molecular flexibility index (Phi) is 5.08. The number of ether oxygens (including phenoxy) is 4. The number of benzene rings is 2. The predicted molar refractivity (Wildman–Crippen MR) is 95.7 cm³/mol. The third-order valence-corrected chi connectivity index (χ3v) is 4.01. The van der Waals surface area contributed by atoms with Crippen LogP contribution in [0.4, 0.5) is 18.9 Å². The minimum atomic E-state index is -4.81. The molecule has 1 aliphatic heterocycles. The molecule has 0 unspecified atom stereocenters. The molecule has 1 aliphatic rings. The first-order valence-electron chi connectivity index (χ1n) is 7.99. The van der Waals surface area contributed by atoms with Crippen molar-refractivity contribution in [3.8, 4) is 23.0 Å². The largest absolute Gasteiger partial charge is 0.573 e. The van der Waals surface area contributed by atoms with Gasteiger partial charge in [0.1, 0.15) is 5.75 Å². The van der Waals surface area contributed by atoms with Crippen LogP contribution in [0.5, 0.6) is 23.0 Å². The van der Waals surface area contributed by atoms with E-state index < -0.39 is 18.0 Å². The van der Waals surface area contributed by atoms with Crippen LogP contribution in [0.2, 0.25) is 0 Å². The molecule has 0 radical (unpaired) electrons. The highest BCUT2D eigenvalue weighted by atomic mass is 19.4. The van der Waals surface area contributed by atoms with Gasteiger partial charge in [0.2, 0.25) is 5.75 Å². The number of hydrogen-bond acceptors (Lipinski definition) is 5. The zero-order chi connectivity index (χ0) is 20.5. The molecule has 0 saturated heterocycles. The van der Waals surface area contributed by atoms with Gasteiger partial charge in [0.25, 0.3) is 5.91 Å². The molecule has 2 aromatic carbocycles. The van der Waals surface area contributed by atoms with E-state index in [2.05, 4.69) is 10.1 Å². The molecule has 9 heteroatoms. The van der Waals surface area contributed by atoms with Gasteiger partial charge < -0.3 is 24.3 Å². The molecule has 28 heavy (non-hydrogen) atoms. The fourth-order valence-corrected chi connectivity index (χ4v) is 2.87. The Bertz CT molecular complexity index is 928. The van der Waals surface area contributed by atoms with Crippen LogP contribution < -0.4 is 24.3 Å². The zero-order valence-electron chi connectivity index (χ0n) is 15.1. The van der Waals surface area contributed by atoms with Crippen molar-refractivity contribution in [2.75, 3.05) is 26.6 Å². The van der Waals surface area contributed by atoms with Crippen LogP contribution in [0, 0.1) is 0 Å². The first-order valence-corrected chi connectivity index (χ1v) is 7.99. The summed E-state index contributed by atoms with van der Waals surface area (Å²) in [5.74, 6) is 0.341. The minimum Gasteiger partial charge on any atom is -0.493 e. The Labute approximate surface area is 158 Å². The smallest absolute Gasteiger partial charge is 0.493 e. The number of fused-ring (bicyclic) bond motifs is 1. The Balaban J connectivity index is 2.02. The minimum absolute atomic E-state index is 0.227. The number of hydrogen-bond donors (Lipinski definition) is 1. The SMILES string of the molecule is COc1cc(/C=C2\C(=O)Nc3cc(OC(F)(F)F)ccc32)cc(OC)c1OC. The van der Waals surface area contributed by atoms with Gasteiger partial charge in [-0.15, -0.1) is 13.2 Å². The predicted octanol–water partition coefficient (Wildman–Crippen LogP) is 4.10. The fourth-order valence-electron chi connectivity index (χ4n) is 2.87. The average Bonchev–Trinajstić information content (AvgIpc) is 2.94. The molecule has 0 atom stereocenters. The number of alkyl halides is 3. The van der Waals surface area contributed by atoms with Crippen molar-refractivity contribution in [1.29, 1.82) is 0 Å². The summed E-state index contributed by atoms with van der Waals surface area (Å²) >= 11 is 0. The summed E-state index contributed by atoms with van der Waals surface area (Å²) in [5, 5.41) is 2.53. The van der Waals surface area contributed by atoms with Gasteiger partial charge in [-0.05, 0) is 35.9 Å². The topological polar surface area (TPSA) is 66.0 Å². The van der Waals surface area contributed by atoms with Crippen LogP contribution in [-0.4, -0.2) is 33.6 Å². The van der Waals surface area contributed by atoms with Gasteiger partial charge in [-0.25, -0.2) is 0 Å². The van der Waals surface area contributed by atoms with E-state index in [9.17, 15) is 18.0 Å². The van der Waals surface area contributed by atoms with Gasteiger partial charge in [-0.1, -0.05) is 0 Å². The van der Waals surface area contributed by atoms with E-state index in [4.69, 9.17) is 14.2 Å². The number of anilines is 1. The Hall–Kier alpha value is -3.36. The second-order valence-corrected chi connectivity index (χ2v) is 5.73. The highest BCUT2D eigenvalue weighted by Crippen LogP contribution is 2.41. The van der Waals surface area contributed by atoms with Gasteiger partial charge in [0.05, 0.1) is 27.0 Å². The highest BCUT2D eigenvalue weighted by molar-refractivity contribution is 6.35. The Morgan fingerprint density at radius 2 is 1.61 bits per heavy atom. The fraction of sp³-hybridized carbons (Fsp3) is 0.211. The van der Waals surface area contributed by atoms with E-state index in [1.165, 1.54) is 27.4 Å². The van der Waals surface area contributed by atoms with Crippen LogP contribution in [0.1, 0.15) is 11.1 Å². The van der Waals surface area contributed by atoms with Crippen molar-refractivity contribution in [2.24, 2.45) is 0 Å². The Morgan fingerprint density at radius 3 is 2.14 bits per heavy atom. The molecular weight excluding hydrogens is 379 g/mol. The molecule has 148 valence electrons. The van der Waals surface area contributed by atoms with E-state index in [0.29, 0.717) is 28.4 Å². The lowest BCUT2D eigenvalue weighted by Gasteiger charge is -2.13. The van der Waals surface area contributed by atoms with E-state index >= 15 is 0 Å². The third-order valence-electron chi connectivity index (χ3n) is 4.01. The first kappa shape index (κ1) is 19.4. The second-order valence-electron chi connectivity index (χ2n) is 5.73. The lowest BCUT2D eigenvalue weighted by atomic mass is 10.0. The molecule has 2 aromatic rings. The summed E-state index contributed by atoms with van der Waals surface area (Å²) in [6.07, 6.45) is -3.23. The maximum atomic E-state index is 12.4. The van der Waals surface area contributed by atoms with Crippen molar-refractivity contribution in [3.63, 3.8) is 0 Å². The van der Waals surface area contributed by atoms with Gasteiger partial charge in [-0.2, -0.15) is 0 Å². The summed E-state index contributed by atoms with van der Waals surface area (Å²) < 4.78 is 56.9. The molecule has 0 saturated carbocycles. The van der Waals surface area contributed by atoms with Crippen molar-refractivity contribution < 1.29 is 36.9 Å². The summed E-state index contributed by atoms with van der Waals surface area (Å²) in [6, 6.07) is 6.96. The molecule has 1 heterocycles. The molecule has 3 rings (SSSR count). The second kappa shape index (κ2) is 7.34. The first-order chi connectivity index (χ1) is 13.3. The quantitative estimate of drug-likeness (QED) is 0.772. The van der Waals surface area contributed by atoms with E-state index in [1.807, 2.05) is 0 Å². The summed E-state index contributed by atoms with van der Waals surface area (Å²) in [4.78, 5) is 12.3. The van der Waals surface area contributed by atoms with E-state index in [1.54, 1.807) is 18.2 Å². The highest BCUT2D eigenvalue weighted by Gasteiger charge is 2.32. The van der Waals surface area contributed by atoms with Crippen LogP contribution in [0.15, 0.2) is 30.3 Å². The number of halogens is 3. The van der Waals surface area contributed by atoms with Gasteiger partial charge in [0.15, 0.2) is 11.5 Å². The lowest BCUT2D eigenvalue weighted by Crippen LogP contribution is -2.17. The number of methoxy groups -OCH3 is 3. The molecule has 0 fully saturated rings. The average molecular weight is 395 g/mol. The van der Waals surface area contributed by atoms with E-state index in [0.717, 1.165) is 12.1 Å². The third kappa shape index (κ3) is 3.83. The molecule has 0 spiro atoms. The van der Waals surface area contributed by atoms with Gasteiger partial charge in [-0.3, -0.25) is 4.79 Å². The van der Waals surface area contributed by atoms with Gasteiger partial charge in [0, 0.05) is 17.2 Å². The van der Waals surface area contributed by atoms with Crippen molar-refractivity contribution in [3.05, 3.63) is 41.5 Å². The maximum absolute atomic E-state index is 12.4. The lowest BCUT2D eigenvalue weighted by molar-refractivity contribution is -0.274. The standard InChI is InChI=1S/C19H16F3NO5/c1-25-15-7-10(8-16(26-2)17(15)27-3)6-13-12-5-4-11(28-19(20,21)22)9-14(12)23-18(13)24/h4-9H,1-3H3,(H,23,24)/b13-6-. The number of rotatable bonds is 5. The van der Waals surface area contributed by atoms with Crippen LogP contribution in [-0.2, 0) is 4.79 Å². The number of carbonyl (C=O) groups excluding carboxylic acids is 1.